The molecule has 0 bridgehead atoms. The van der Waals surface area contributed by atoms with Crippen LogP contribution in [0.25, 0.3) is 0 Å². The van der Waals surface area contributed by atoms with Gasteiger partial charge in [0.2, 0.25) is 13.3 Å². The zero-order valence-corrected chi connectivity index (χ0v) is 33.4. The molecule has 4 nitrogen and oxygen atoms in total. The minimum atomic E-state index is -6.00. The molecule has 0 aromatic heterocycles. The summed E-state index contributed by atoms with van der Waals surface area (Å²) in [5, 5.41) is 0. The fourth-order valence-electron chi connectivity index (χ4n) is 7.61. The van der Waals surface area contributed by atoms with Crippen LogP contribution >= 0.6 is 0 Å². The SMILES string of the molecule is CC(C)c1cccc(C(C)C)c1N1[C]N(c2c(C(C)C)cccc2C(C)C)C=C1.F[B-](F)(F)F.[C]1N(C2CCCCC2)C=CN1C1CCCCC1.[Cu+]. The predicted octanol–water partition coefficient (Wildman–Crippen LogP) is 13.0. The van der Waals surface area contributed by atoms with Gasteiger partial charge in [-0.25, -0.2) is 0 Å². The van der Waals surface area contributed by atoms with Crippen molar-refractivity contribution in [2.24, 2.45) is 0 Å². The van der Waals surface area contributed by atoms with Crippen molar-refractivity contribution in [3.8, 4) is 0 Å². The normalized spacial score (nSPS) is 18.3. The van der Waals surface area contributed by atoms with E-state index >= 15 is 0 Å². The molecule has 0 atom stereocenters. The van der Waals surface area contributed by atoms with E-state index in [2.05, 4.69) is 150 Å². The zero-order chi connectivity index (χ0) is 37.3. The molecule has 2 aromatic carbocycles. The molecule has 2 aliphatic heterocycles. The Morgan fingerprint density at radius 3 is 1.06 bits per heavy atom. The fourth-order valence-corrected chi connectivity index (χ4v) is 7.61. The minimum Gasteiger partial charge on any atom is -0.418 e. The molecule has 52 heavy (non-hydrogen) atoms. The van der Waals surface area contributed by atoms with Gasteiger partial charge in [0.1, 0.15) is 0 Å². The fraction of sp³-hybridized carbons (Fsp3) is 0.571. The number of rotatable bonds is 8. The number of halogens is 4. The second-order valence-electron chi connectivity index (χ2n) is 15.6. The molecule has 4 aliphatic rings. The second-order valence-corrected chi connectivity index (χ2v) is 15.6. The summed E-state index contributed by atoms with van der Waals surface area (Å²) in [4.78, 5) is 9.11. The number of para-hydroxylation sites is 2. The Morgan fingerprint density at radius 1 is 0.500 bits per heavy atom. The van der Waals surface area contributed by atoms with Gasteiger partial charge in [-0.3, -0.25) is 0 Å². The van der Waals surface area contributed by atoms with Crippen LogP contribution in [0.15, 0.2) is 61.2 Å². The van der Waals surface area contributed by atoms with E-state index < -0.39 is 7.25 Å². The third-order valence-electron chi connectivity index (χ3n) is 10.3. The van der Waals surface area contributed by atoms with Crippen molar-refractivity contribution in [2.45, 2.75) is 155 Å². The van der Waals surface area contributed by atoms with E-state index in [9.17, 15) is 17.3 Å². The first-order valence-corrected chi connectivity index (χ1v) is 19.3. The van der Waals surface area contributed by atoms with Crippen LogP contribution in [-0.4, -0.2) is 29.1 Å². The first-order chi connectivity index (χ1) is 24.2. The molecule has 6 rings (SSSR count). The van der Waals surface area contributed by atoms with E-state index in [-0.39, 0.29) is 17.1 Å². The van der Waals surface area contributed by atoms with Gasteiger partial charge in [-0.1, -0.05) is 130 Å². The van der Waals surface area contributed by atoms with Crippen LogP contribution < -0.4 is 9.80 Å². The molecule has 0 spiro atoms. The van der Waals surface area contributed by atoms with Gasteiger partial charge in [-0.2, -0.15) is 0 Å². The molecule has 2 saturated carbocycles. The van der Waals surface area contributed by atoms with Crippen LogP contribution in [0.3, 0.4) is 0 Å². The average molecular weight is 771 g/mol. The molecular formula is C42H60BCuF4N4. The van der Waals surface area contributed by atoms with Crippen LogP contribution in [0.2, 0.25) is 0 Å². The maximum atomic E-state index is 9.75. The monoisotopic (exact) mass is 770 g/mol. The van der Waals surface area contributed by atoms with Gasteiger partial charge in [-0.05, 0) is 71.6 Å². The number of nitrogens with zero attached hydrogens (tertiary/aromatic N) is 4. The Kier molecular flexibility index (Phi) is 17.0. The third kappa shape index (κ3) is 12.2. The number of hydrogen-bond donors (Lipinski definition) is 0. The van der Waals surface area contributed by atoms with Crippen molar-refractivity contribution in [3.63, 3.8) is 0 Å². The van der Waals surface area contributed by atoms with Crippen molar-refractivity contribution in [2.75, 3.05) is 9.80 Å². The van der Waals surface area contributed by atoms with Gasteiger partial charge in [-0.15, -0.1) is 0 Å². The van der Waals surface area contributed by atoms with Crippen molar-refractivity contribution >= 4 is 18.6 Å². The van der Waals surface area contributed by atoms with Crippen LogP contribution in [0.5, 0.6) is 0 Å². The van der Waals surface area contributed by atoms with Gasteiger partial charge in [0, 0.05) is 36.9 Å². The summed E-state index contributed by atoms with van der Waals surface area (Å²) < 4.78 is 39.0. The van der Waals surface area contributed by atoms with Gasteiger partial charge in [0.15, 0.2) is 0 Å². The van der Waals surface area contributed by atoms with E-state index in [0.29, 0.717) is 23.7 Å². The summed E-state index contributed by atoms with van der Waals surface area (Å²) >= 11 is 0. The van der Waals surface area contributed by atoms with Crippen molar-refractivity contribution in [1.82, 2.24) is 9.80 Å². The van der Waals surface area contributed by atoms with E-state index in [1.807, 2.05) is 0 Å². The van der Waals surface area contributed by atoms with Crippen LogP contribution in [0.1, 0.15) is 166 Å². The molecule has 4 radical (unpaired) electrons. The molecule has 0 amide bonds. The summed E-state index contributed by atoms with van der Waals surface area (Å²) in [6, 6.07) is 14.9. The topological polar surface area (TPSA) is 13.0 Å². The predicted molar refractivity (Wildman–Crippen MR) is 207 cm³/mol. The number of hydrogen-bond acceptors (Lipinski definition) is 4. The largest absolute Gasteiger partial charge is 1.00 e. The summed E-state index contributed by atoms with van der Waals surface area (Å²) in [5.74, 6) is 1.84. The summed E-state index contributed by atoms with van der Waals surface area (Å²) in [6.45, 7) is 25.4. The molecule has 10 heteroatoms. The summed E-state index contributed by atoms with van der Waals surface area (Å²) in [6.07, 6.45) is 22.7. The Morgan fingerprint density at radius 2 is 0.788 bits per heavy atom. The zero-order valence-electron chi connectivity index (χ0n) is 32.5. The molecule has 290 valence electrons. The molecule has 2 aliphatic carbocycles. The maximum Gasteiger partial charge on any atom is 1.00 e. The Balaban J connectivity index is 0.000000267. The number of benzene rings is 2. The molecule has 0 unspecified atom stereocenters. The summed E-state index contributed by atoms with van der Waals surface area (Å²) in [5.41, 5.74) is 8.05. The van der Waals surface area contributed by atoms with E-state index in [1.165, 1.54) is 97.8 Å². The molecule has 0 saturated heterocycles. The van der Waals surface area contributed by atoms with Crippen molar-refractivity contribution in [3.05, 3.63) is 96.8 Å². The molecule has 2 aromatic rings. The smallest absolute Gasteiger partial charge is 0.418 e. The van der Waals surface area contributed by atoms with Crippen LogP contribution in [-0.2, 0) is 17.1 Å². The Labute approximate surface area is 323 Å². The molecular weight excluding hydrogens is 711 g/mol. The summed E-state index contributed by atoms with van der Waals surface area (Å²) in [7, 11) is -6.00. The van der Waals surface area contributed by atoms with Crippen molar-refractivity contribution < 1.29 is 34.3 Å². The quantitative estimate of drug-likeness (QED) is 0.196. The minimum absolute atomic E-state index is 0. The maximum absolute atomic E-state index is 9.75. The Hall–Kier alpha value is -2.58. The van der Waals surface area contributed by atoms with Gasteiger partial charge in [0.25, 0.3) is 0 Å². The first-order valence-electron chi connectivity index (χ1n) is 19.3. The second kappa shape index (κ2) is 20.2. The third-order valence-corrected chi connectivity index (χ3v) is 10.3. The molecule has 0 N–H and O–H groups in total. The number of anilines is 2. The van der Waals surface area contributed by atoms with E-state index in [4.69, 9.17) is 0 Å². The molecule has 2 heterocycles. The average Bonchev–Trinajstić information content (AvgIpc) is 3.79. The van der Waals surface area contributed by atoms with Gasteiger partial charge < -0.3 is 36.9 Å². The Bertz CT molecular complexity index is 1280. The van der Waals surface area contributed by atoms with Crippen LogP contribution in [0, 0.1) is 13.3 Å². The standard InChI is InChI=1S/C27H36N2.C15H24N2.BF4.Cu/c1-18(2)22-11-9-12-23(19(3)4)26(22)28-15-16-29(17-28)27-24(20(5)6)13-10-14-25(27)21(7)8;1-3-7-14(8-4-1)16-11-12-17(13-16)15-9-5-2-6-10-15;2-1(3,4)5;/h9-16,18-21H,1-8H3;11-12,14-15H,1-10H2;;/q;;-1;+1. The van der Waals surface area contributed by atoms with Gasteiger partial charge >= 0.3 is 24.3 Å². The van der Waals surface area contributed by atoms with E-state index in [1.54, 1.807) is 0 Å². The van der Waals surface area contributed by atoms with Crippen molar-refractivity contribution in [1.29, 1.82) is 0 Å². The first kappa shape index (κ1) is 43.8. The molecule has 2 fully saturated rings. The van der Waals surface area contributed by atoms with Gasteiger partial charge in [0.05, 0.1) is 11.4 Å². The van der Waals surface area contributed by atoms with Crippen LogP contribution in [0.4, 0.5) is 28.6 Å². The van der Waals surface area contributed by atoms with E-state index in [0.717, 1.165) is 12.1 Å².